The van der Waals surface area contributed by atoms with Gasteiger partial charge in [0.15, 0.2) is 0 Å². The number of carbonyl (C=O) groups is 1. The summed E-state index contributed by atoms with van der Waals surface area (Å²) in [6.07, 6.45) is 0. The van der Waals surface area contributed by atoms with Crippen molar-refractivity contribution < 1.29 is 14.5 Å². The van der Waals surface area contributed by atoms with Crippen molar-refractivity contribution in [1.29, 1.82) is 0 Å². The molecule has 0 saturated carbocycles. The lowest BCUT2D eigenvalue weighted by atomic mass is 10.1. The highest BCUT2D eigenvalue weighted by molar-refractivity contribution is 6.09. The molecule has 1 amide bonds. The Morgan fingerprint density at radius 2 is 1.72 bits per heavy atom. The molecule has 2 N–H and O–H groups in total. The van der Waals surface area contributed by atoms with Crippen molar-refractivity contribution in [3.8, 4) is 5.75 Å². The molecule has 7 nitrogen and oxygen atoms in total. The molecule has 0 unspecified atom stereocenters. The third-order valence-corrected chi connectivity index (χ3v) is 4.22. The number of nitrogens with one attached hydrogen (secondary N) is 2. The molecule has 0 atom stereocenters. The summed E-state index contributed by atoms with van der Waals surface area (Å²) in [5.74, 6) is 0.0731. The number of hydrogen-bond acceptors (Lipinski definition) is 5. The van der Waals surface area contributed by atoms with Gasteiger partial charge in [0.25, 0.3) is 11.6 Å². The van der Waals surface area contributed by atoms with Gasteiger partial charge in [-0.2, -0.15) is 0 Å². The zero-order chi connectivity index (χ0) is 20.6. The van der Waals surface area contributed by atoms with Crippen LogP contribution in [0.2, 0.25) is 0 Å². The van der Waals surface area contributed by atoms with Crippen LogP contribution in [0.5, 0.6) is 5.75 Å². The molecule has 29 heavy (non-hydrogen) atoms. The fourth-order valence-electron chi connectivity index (χ4n) is 2.82. The smallest absolute Gasteiger partial charge is 0.270 e. The molecule has 0 bridgehead atoms. The van der Waals surface area contributed by atoms with Crippen LogP contribution < -0.4 is 15.4 Å². The van der Waals surface area contributed by atoms with Crippen LogP contribution in [-0.2, 0) is 6.54 Å². The van der Waals surface area contributed by atoms with Crippen LogP contribution in [0.1, 0.15) is 22.8 Å². The second kappa shape index (κ2) is 9.36. The normalized spacial score (nSPS) is 10.2. The molecule has 0 spiro atoms. The molecular weight excluding hydrogens is 370 g/mol. The molecule has 0 heterocycles. The van der Waals surface area contributed by atoms with Crippen LogP contribution in [-0.4, -0.2) is 17.4 Å². The predicted octanol–water partition coefficient (Wildman–Crippen LogP) is 4.86. The van der Waals surface area contributed by atoms with Crippen molar-refractivity contribution in [3.05, 3.63) is 94.0 Å². The summed E-state index contributed by atoms with van der Waals surface area (Å²) in [7, 11) is 0. The Hall–Kier alpha value is -3.87. The van der Waals surface area contributed by atoms with Gasteiger partial charge in [-0.15, -0.1) is 0 Å². The monoisotopic (exact) mass is 391 g/mol. The quantitative estimate of drug-likeness (QED) is 0.423. The Bertz CT molecular complexity index is 1010. The lowest BCUT2D eigenvalue weighted by molar-refractivity contribution is -0.384. The van der Waals surface area contributed by atoms with Gasteiger partial charge in [-0.1, -0.05) is 42.5 Å². The number of anilines is 2. The SMILES string of the molecule is CCOc1ccccc1NC(=O)c1cc([N+](=O)[O-])ccc1NCc1ccccc1. The van der Waals surface area contributed by atoms with Crippen LogP contribution in [0.3, 0.4) is 0 Å². The summed E-state index contributed by atoms with van der Waals surface area (Å²) >= 11 is 0. The zero-order valence-corrected chi connectivity index (χ0v) is 15.9. The van der Waals surface area contributed by atoms with Crippen molar-refractivity contribution in [3.63, 3.8) is 0 Å². The molecule has 0 aliphatic carbocycles. The Morgan fingerprint density at radius 3 is 2.45 bits per heavy atom. The third-order valence-electron chi connectivity index (χ3n) is 4.22. The first kappa shape index (κ1) is 19.9. The first-order valence-corrected chi connectivity index (χ1v) is 9.18. The summed E-state index contributed by atoms with van der Waals surface area (Å²) in [5, 5.41) is 17.2. The number of rotatable bonds is 8. The molecule has 0 saturated heterocycles. The second-order valence-electron chi connectivity index (χ2n) is 6.21. The van der Waals surface area contributed by atoms with Gasteiger partial charge in [0.2, 0.25) is 0 Å². The minimum absolute atomic E-state index is 0.154. The van der Waals surface area contributed by atoms with Crippen LogP contribution in [0.4, 0.5) is 17.1 Å². The molecule has 148 valence electrons. The van der Waals surface area contributed by atoms with Crippen LogP contribution >= 0.6 is 0 Å². The summed E-state index contributed by atoms with van der Waals surface area (Å²) in [5.41, 5.74) is 2.06. The maximum atomic E-state index is 12.9. The van der Waals surface area contributed by atoms with Crippen molar-refractivity contribution in [2.75, 3.05) is 17.2 Å². The molecule has 0 radical (unpaired) electrons. The van der Waals surface area contributed by atoms with Gasteiger partial charge in [-0.3, -0.25) is 14.9 Å². The van der Waals surface area contributed by atoms with E-state index in [4.69, 9.17) is 4.74 Å². The fraction of sp³-hybridized carbons (Fsp3) is 0.136. The van der Waals surface area contributed by atoms with E-state index in [1.165, 1.54) is 12.1 Å². The number of nitrogens with zero attached hydrogens (tertiary/aromatic N) is 1. The lowest BCUT2D eigenvalue weighted by Gasteiger charge is -2.14. The summed E-state index contributed by atoms with van der Waals surface area (Å²) in [6, 6.07) is 20.9. The van der Waals surface area contributed by atoms with Crippen molar-refractivity contribution in [1.82, 2.24) is 0 Å². The van der Waals surface area contributed by atoms with Crippen molar-refractivity contribution in [2.24, 2.45) is 0 Å². The highest BCUT2D eigenvalue weighted by Crippen LogP contribution is 2.27. The van der Waals surface area contributed by atoms with Gasteiger partial charge in [-0.05, 0) is 30.7 Å². The standard InChI is InChI=1S/C22H21N3O4/c1-2-29-21-11-7-6-10-20(21)24-22(26)18-14-17(25(27)28)12-13-19(18)23-15-16-8-4-3-5-9-16/h3-14,23H,2,15H2,1H3,(H,24,26). The Labute approximate surface area is 168 Å². The third kappa shape index (κ3) is 5.10. The molecule has 0 aliphatic rings. The van der Waals surface area contributed by atoms with E-state index in [1.54, 1.807) is 30.3 Å². The molecule has 0 fully saturated rings. The minimum Gasteiger partial charge on any atom is -0.492 e. The Balaban J connectivity index is 1.88. The van der Waals surface area contributed by atoms with Gasteiger partial charge in [0, 0.05) is 24.4 Å². The van der Waals surface area contributed by atoms with Gasteiger partial charge < -0.3 is 15.4 Å². The largest absolute Gasteiger partial charge is 0.492 e. The number of nitro groups is 1. The summed E-state index contributed by atoms with van der Waals surface area (Å²) in [4.78, 5) is 23.6. The Kier molecular flexibility index (Phi) is 6.42. The van der Waals surface area contributed by atoms with E-state index >= 15 is 0 Å². The van der Waals surface area contributed by atoms with E-state index in [9.17, 15) is 14.9 Å². The van der Waals surface area contributed by atoms with Crippen molar-refractivity contribution in [2.45, 2.75) is 13.5 Å². The molecule has 7 heteroatoms. The van der Waals surface area contributed by atoms with E-state index < -0.39 is 10.8 Å². The first-order valence-electron chi connectivity index (χ1n) is 9.18. The molecular formula is C22H21N3O4. The number of ether oxygens (including phenoxy) is 1. The Morgan fingerprint density at radius 1 is 1.00 bits per heavy atom. The van der Waals surface area contributed by atoms with Crippen LogP contribution in [0, 0.1) is 10.1 Å². The highest BCUT2D eigenvalue weighted by atomic mass is 16.6. The number of para-hydroxylation sites is 2. The number of hydrogen-bond donors (Lipinski definition) is 2. The first-order chi connectivity index (χ1) is 14.1. The minimum atomic E-state index is -0.522. The van der Waals surface area contributed by atoms with Gasteiger partial charge in [0.05, 0.1) is 22.8 Å². The maximum Gasteiger partial charge on any atom is 0.270 e. The highest BCUT2D eigenvalue weighted by Gasteiger charge is 2.18. The van der Waals surface area contributed by atoms with E-state index in [-0.39, 0.29) is 11.3 Å². The van der Waals surface area contributed by atoms with Crippen LogP contribution in [0.25, 0.3) is 0 Å². The number of carbonyl (C=O) groups excluding carboxylic acids is 1. The average molecular weight is 391 g/mol. The summed E-state index contributed by atoms with van der Waals surface area (Å²) in [6.45, 7) is 2.78. The maximum absolute atomic E-state index is 12.9. The second-order valence-corrected chi connectivity index (χ2v) is 6.21. The molecule has 3 aromatic carbocycles. The number of amides is 1. The van der Waals surface area contributed by atoms with E-state index in [2.05, 4.69) is 10.6 Å². The van der Waals surface area contributed by atoms with E-state index in [0.29, 0.717) is 30.3 Å². The number of nitro benzene ring substituents is 1. The number of non-ortho nitro benzene ring substituents is 1. The molecule has 0 aliphatic heterocycles. The predicted molar refractivity (Wildman–Crippen MR) is 112 cm³/mol. The zero-order valence-electron chi connectivity index (χ0n) is 15.9. The lowest BCUT2D eigenvalue weighted by Crippen LogP contribution is -2.16. The molecule has 3 rings (SSSR count). The molecule has 0 aromatic heterocycles. The van der Waals surface area contributed by atoms with Gasteiger partial charge in [0.1, 0.15) is 5.75 Å². The topological polar surface area (TPSA) is 93.5 Å². The van der Waals surface area contributed by atoms with Crippen LogP contribution in [0.15, 0.2) is 72.8 Å². The average Bonchev–Trinajstić information content (AvgIpc) is 2.74. The summed E-state index contributed by atoms with van der Waals surface area (Å²) < 4.78 is 5.53. The fourth-order valence-corrected chi connectivity index (χ4v) is 2.82. The van der Waals surface area contributed by atoms with Crippen molar-refractivity contribution >= 4 is 23.0 Å². The molecule has 3 aromatic rings. The van der Waals surface area contributed by atoms with Gasteiger partial charge in [-0.25, -0.2) is 0 Å². The van der Waals surface area contributed by atoms with Gasteiger partial charge >= 0.3 is 0 Å². The number of benzene rings is 3. The van der Waals surface area contributed by atoms with E-state index in [1.807, 2.05) is 37.3 Å². The van der Waals surface area contributed by atoms with E-state index in [0.717, 1.165) is 5.56 Å².